The summed E-state index contributed by atoms with van der Waals surface area (Å²) in [5, 5.41) is 8.48. The molecular weight excluding hydrogens is 345 g/mol. The molecule has 0 saturated carbocycles. The summed E-state index contributed by atoms with van der Waals surface area (Å²) < 4.78 is 20.9. The molecule has 142 valence electrons. The molecule has 1 aliphatic heterocycles. The lowest BCUT2D eigenvalue weighted by atomic mass is 10.1. The maximum Gasteiger partial charge on any atom is 0.138 e. The Morgan fingerprint density at radius 3 is 2.81 bits per heavy atom. The van der Waals surface area contributed by atoms with Crippen LogP contribution in [0.3, 0.4) is 0 Å². The van der Waals surface area contributed by atoms with E-state index in [-0.39, 0.29) is 5.82 Å². The third kappa shape index (κ3) is 3.88. The van der Waals surface area contributed by atoms with Gasteiger partial charge in [-0.3, -0.25) is 9.58 Å². The molecule has 0 bridgehead atoms. The van der Waals surface area contributed by atoms with Gasteiger partial charge < -0.3 is 9.42 Å². The van der Waals surface area contributed by atoms with Crippen molar-refractivity contribution in [1.29, 1.82) is 0 Å². The van der Waals surface area contributed by atoms with Crippen LogP contribution in [-0.4, -0.2) is 46.1 Å². The first-order valence-corrected chi connectivity index (χ1v) is 9.25. The fourth-order valence-electron chi connectivity index (χ4n) is 3.51. The van der Waals surface area contributed by atoms with E-state index in [0.29, 0.717) is 6.54 Å². The maximum atomic E-state index is 13.8. The molecule has 1 aliphatic rings. The van der Waals surface area contributed by atoms with Crippen LogP contribution in [0.15, 0.2) is 41.2 Å². The number of anilines is 1. The first kappa shape index (κ1) is 17.7. The van der Waals surface area contributed by atoms with Crippen molar-refractivity contribution in [2.24, 2.45) is 0 Å². The maximum absolute atomic E-state index is 13.8. The number of nitrogens with zero attached hydrogens (tertiary/aromatic N) is 5. The quantitative estimate of drug-likeness (QED) is 0.669. The summed E-state index contributed by atoms with van der Waals surface area (Å²) in [7, 11) is 0. The Bertz CT molecular complexity index is 899. The van der Waals surface area contributed by atoms with Crippen molar-refractivity contribution < 1.29 is 8.91 Å². The third-order valence-electron chi connectivity index (χ3n) is 5.20. The van der Waals surface area contributed by atoms with Gasteiger partial charge in [0.05, 0.1) is 30.8 Å². The second-order valence-electron chi connectivity index (χ2n) is 7.06. The second-order valence-corrected chi connectivity index (χ2v) is 7.06. The van der Waals surface area contributed by atoms with Gasteiger partial charge in [-0.05, 0) is 31.9 Å². The average Bonchev–Trinajstić information content (AvgIpc) is 3.38. The van der Waals surface area contributed by atoms with E-state index in [9.17, 15) is 4.39 Å². The molecule has 6 nitrogen and oxygen atoms in total. The van der Waals surface area contributed by atoms with Crippen LogP contribution in [0.2, 0.25) is 0 Å². The number of rotatable bonds is 6. The lowest BCUT2D eigenvalue weighted by molar-refractivity contribution is 0.344. The van der Waals surface area contributed by atoms with Crippen molar-refractivity contribution >= 4 is 5.69 Å². The highest BCUT2D eigenvalue weighted by Gasteiger charge is 2.21. The Morgan fingerprint density at radius 1 is 1.19 bits per heavy atom. The van der Waals surface area contributed by atoms with E-state index in [1.54, 1.807) is 6.07 Å². The smallest absolute Gasteiger partial charge is 0.138 e. The summed E-state index contributed by atoms with van der Waals surface area (Å²) in [5.41, 5.74) is 3.88. The summed E-state index contributed by atoms with van der Waals surface area (Å²) in [6, 6.07) is 7.01. The molecule has 7 heteroatoms. The van der Waals surface area contributed by atoms with Gasteiger partial charge in [-0.15, -0.1) is 0 Å². The SMILES string of the molecule is Cc1noc(C)c1Cn1cc(N2CCN(CCc3ccccc3F)C2)cn1. The normalized spacial score (nSPS) is 15.0. The largest absolute Gasteiger partial charge is 0.361 e. The van der Waals surface area contributed by atoms with Crippen molar-refractivity contribution in [3.8, 4) is 0 Å². The van der Waals surface area contributed by atoms with Crippen LogP contribution in [0.1, 0.15) is 22.6 Å². The minimum Gasteiger partial charge on any atom is -0.361 e. The highest BCUT2D eigenvalue weighted by Crippen LogP contribution is 2.20. The second kappa shape index (κ2) is 7.52. The van der Waals surface area contributed by atoms with E-state index in [2.05, 4.69) is 26.3 Å². The number of aromatic nitrogens is 3. The summed E-state index contributed by atoms with van der Waals surface area (Å²) in [5.74, 6) is 0.721. The van der Waals surface area contributed by atoms with Gasteiger partial charge in [0.15, 0.2) is 0 Å². The van der Waals surface area contributed by atoms with Gasteiger partial charge in [-0.1, -0.05) is 23.4 Å². The molecule has 2 aromatic heterocycles. The minimum atomic E-state index is -0.117. The van der Waals surface area contributed by atoms with Crippen LogP contribution < -0.4 is 4.90 Å². The monoisotopic (exact) mass is 369 g/mol. The zero-order valence-corrected chi connectivity index (χ0v) is 15.7. The fourth-order valence-corrected chi connectivity index (χ4v) is 3.51. The van der Waals surface area contributed by atoms with E-state index in [1.165, 1.54) is 6.07 Å². The zero-order chi connectivity index (χ0) is 18.8. The molecule has 3 heterocycles. The number of hydrogen-bond acceptors (Lipinski definition) is 5. The standard InChI is InChI=1S/C20H24FN5O/c1-15-19(16(2)27-23-15)13-26-12-18(11-22-26)25-10-9-24(14-25)8-7-17-5-3-4-6-20(17)21/h3-6,11-12H,7-10,13-14H2,1-2H3. The van der Waals surface area contributed by atoms with E-state index >= 15 is 0 Å². The minimum absolute atomic E-state index is 0.117. The highest BCUT2D eigenvalue weighted by atomic mass is 19.1. The Labute approximate surface area is 158 Å². The van der Waals surface area contributed by atoms with E-state index in [0.717, 1.165) is 61.0 Å². The van der Waals surface area contributed by atoms with Crippen molar-refractivity contribution in [1.82, 2.24) is 19.8 Å². The number of hydrogen-bond donors (Lipinski definition) is 0. The number of aryl methyl sites for hydroxylation is 2. The van der Waals surface area contributed by atoms with E-state index < -0.39 is 0 Å². The molecule has 27 heavy (non-hydrogen) atoms. The molecule has 4 rings (SSSR count). The molecular formula is C20H24FN5O. The van der Waals surface area contributed by atoms with Crippen LogP contribution in [0.5, 0.6) is 0 Å². The third-order valence-corrected chi connectivity index (χ3v) is 5.20. The number of benzene rings is 1. The molecule has 0 N–H and O–H groups in total. The summed E-state index contributed by atoms with van der Waals surface area (Å²) in [4.78, 5) is 4.65. The van der Waals surface area contributed by atoms with Crippen LogP contribution in [0.25, 0.3) is 0 Å². The molecule has 0 aliphatic carbocycles. The molecule has 0 radical (unpaired) electrons. The topological polar surface area (TPSA) is 50.3 Å². The van der Waals surface area contributed by atoms with E-state index in [4.69, 9.17) is 4.52 Å². The van der Waals surface area contributed by atoms with Gasteiger partial charge in [0.1, 0.15) is 11.6 Å². The highest BCUT2D eigenvalue weighted by molar-refractivity contribution is 5.43. The lowest BCUT2D eigenvalue weighted by Gasteiger charge is -2.18. The summed E-state index contributed by atoms with van der Waals surface area (Å²) in [6.07, 6.45) is 4.69. The predicted molar refractivity (Wildman–Crippen MR) is 101 cm³/mol. The summed E-state index contributed by atoms with van der Waals surface area (Å²) in [6.45, 7) is 8.15. The Kier molecular flexibility index (Phi) is 4.94. The molecule has 0 spiro atoms. The first-order valence-electron chi connectivity index (χ1n) is 9.25. The molecule has 0 atom stereocenters. The van der Waals surface area contributed by atoms with Gasteiger partial charge in [-0.25, -0.2) is 4.39 Å². The first-order chi connectivity index (χ1) is 13.1. The van der Waals surface area contributed by atoms with E-state index in [1.807, 2.05) is 36.9 Å². The van der Waals surface area contributed by atoms with Crippen molar-refractivity contribution in [2.75, 3.05) is 31.2 Å². The number of halogens is 1. The van der Waals surface area contributed by atoms with Crippen LogP contribution in [0, 0.1) is 19.7 Å². The van der Waals surface area contributed by atoms with Gasteiger partial charge in [0.25, 0.3) is 0 Å². The van der Waals surface area contributed by atoms with Crippen LogP contribution >= 0.6 is 0 Å². The fraction of sp³-hybridized carbons (Fsp3) is 0.400. The van der Waals surface area contributed by atoms with Crippen molar-refractivity contribution in [3.63, 3.8) is 0 Å². The molecule has 1 aromatic carbocycles. The van der Waals surface area contributed by atoms with Gasteiger partial charge in [-0.2, -0.15) is 5.10 Å². The average molecular weight is 369 g/mol. The molecule has 1 saturated heterocycles. The lowest BCUT2D eigenvalue weighted by Crippen LogP contribution is -2.27. The molecule has 3 aromatic rings. The Balaban J connectivity index is 1.34. The van der Waals surface area contributed by atoms with Gasteiger partial charge in [0.2, 0.25) is 0 Å². The van der Waals surface area contributed by atoms with Crippen LogP contribution in [0.4, 0.5) is 10.1 Å². The Hall–Kier alpha value is -2.67. The van der Waals surface area contributed by atoms with Crippen molar-refractivity contribution in [3.05, 3.63) is 65.1 Å². The van der Waals surface area contributed by atoms with Gasteiger partial charge >= 0.3 is 0 Å². The summed E-state index contributed by atoms with van der Waals surface area (Å²) >= 11 is 0. The predicted octanol–water partition coefficient (Wildman–Crippen LogP) is 3.00. The zero-order valence-electron chi connectivity index (χ0n) is 15.7. The van der Waals surface area contributed by atoms with Crippen LogP contribution in [-0.2, 0) is 13.0 Å². The molecule has 0 amide bonds. The molecule has 0 unspecified atom stereocenters. The Morgan fingerprint density at radius 2 is 2.04 bits per heavy atom. The molecule has 1 fully saturated rings. The van der Waals surface area contributed by atoms with Crippen molar-refractivity contribution in [2.45, 2.75) is 26.8 Å². The van der Waals surface area contributed by atoms with Gasteiger partial charge in [0, 0.05) is 31.4 Å².